The monoisotopic (exact) mass is 633 g/mol. The third-order valence-electron chi connectivity index (χ3n) is 5.94. The van der Waals surface area contributed by atoms with Gasteiger partial charge in [0.15, 0.2) is 0 Å². The third kappa shape index (κ3) is 8.96. The van der Waals surface area contributed by atoms with Crippen LogP contribution in [0, 0.1) is 0 Å². The second-order valence-electron chi connectivity index (χ2n) is 9.16. The summed E-state index contributed by atoms with van der Waals surface area (Å²) in [5, 5.41) is 17.5. The van der Waals surface area contributed by atoms with Gasteiger partial charge >= 0.3 is 5.97 Å². The van der Waals surface area contributed by atoms with Crippen LogP contribution in [0.25, 0.3) is 6.08 Å². The molecular weight excluding hydrogens is 609 g/mol. The van der Waals surface area contributed by atoms with E-state index in [1.165, 1.54) is 36.0 Å². The van der Waals surface area contributed by atoms with Crippen molar-refractivity contribution < 1.29 is 24.3 Å². The predicted molar refractivity (Wildman–Crippen MR) is 171 cm³/mol. The lowest BCUT2D eigenvalue weighted by molar-refractivity contribution is -0.115. The lowest BCUT2D eigenvalue weighted by Gasteiger charge is -2.14. The number of anilines is 2. The van der Waals surface area contributed by atoms with Crippen molar-refractivity contribution in [3.63, 3.8) is 0 Å². The van der Waals surface area contributed by atoms with Gasteiger partial charge in [-0.25, -0.2) is 4.79 Å². The summed E-state index contributed by atoms with van der Waals surface area (Å²) >= 11 is 13.6. The molecule has 0 aromatic heterocycles. The molecule has 0 aliphatic carbocycles. The number of carbonyl (C=O) groups excluding carboxylic acids is 3. The highest BCUT2D eigenvalue weighted by Crippen LogP contribution is 2.28. The maximum atomic E-state index is 13.4. The molecule has 4 aromatic rings. The van der Waals surface area contributed by atoms with Crippen LogP contribution in [0.1, 0.15) is 33.2 Å². The average molecular weight is 635 g/mol. The summed E-state index contributed by atoms with van der Waals surface area (Å²) in [4.78, 5) is 51.0. The molecule has 8 nitrogen and oxygen atoms in total. The van der Waals surface area contributed by atoms with Gasteiger partial charge in [0.25, 0.3) is 11.8 Å². The second kappa shape index (κ2) is 14.6. The second-order valence-corrected chi connectivity index (χ2v) is 11.4. The molecule has 0 spiro atoms. The molecule has 218 valence electrons. The zero-order valence-corrected chi connectivity index (χ0v) is 25.0. The first kappa shape index (κ1) is 31.4. The minimum Gasteiger partial charge on any atom is -0.478 e. The van der Waals surface area contributed by atoms with Crippen LogP contribution >= 0.6 is 35.0 Å². The molecule has 0 aliphatic heterocycles. The Morgan fingerprint density at radius 3 is 2.16 bits per heavy atom. The number of halogens is 2. The van der Waals surface area contributed by atoms with E-state index in [4.69, 9.17) is 23.2 Å². The molecule has 4 aromatic carbocycles. The molecule has 1 unspecified atom stereocenters. The minimum atomic E-state index is -1.09. The molecule has 0 radical (unpaired) electrons. The van der Waals surface area contributed by atoms with Crippen LogP contribution in [0.4, 0.5) is 11.4 Å². The molecule has 4 N–H and O–H groups in total. The largest absolute Gasteiger partial charge is 0.478 e. The van der Waals surface area contributed by atoms with E-state index >= 15 is 0 Å². The fraction of sp³-hybridized carbons (Fsp3) is 0.0625. The minimum absolute atomic E-state index is 0.0486. The number of benzene rings is 4. The molecule has 0 saturated heterocycles. The van der Waals surface area contributed by atoms with Crippen molar-refractivity contribution in [1.29, 1.82) is 0 Å². The summed E-state index contributed by atoms with van der Waals surface area (Å²) in [7, 11) is 0. The summed E-state index contributed by atoms with van der Waals surface area (Å²) in [6.07, 6.45) is 1.46. The molecule has 4 rings (SSSR count). The zero-order valence-electron chi connectivity index (χ0n) is 22.6. The Labute approximate surface area is 262 Å². The fourth-order valence-electron chi connectivity index (χ4n) is 3.79. The Kier molecular flexibility index (Phi) is 10.6. The van der Waals surface area contributed by atoms with Gasteiger partial charge in [-0.15, -0.1) is 11.8 Å². The summed E-state index contributed by atoms with van der Waals surface area (Å²) in [5.74, 6) is -2.49. The number of nitrogens with one attached hydrogen (secondary N) is 3. The highest BCUT2D eigenvalue weighted by Gasteiger charge is 2.18. The number of rotatable bonds is 10. The van der Waals surface area contributed by atoms with Crippen LogP contribution < -0.4 is 16.0 Å². The van der Waals surface area contributed by atoms with Crippen LogP contribution in [-0.4, -0.2) is 34.0 Å². The Hall–Kier alpha value is -4.57. The van der Waals surface area contributed by atoms with Gasteiger partial charge in [0, 0.05) is 31.9 Å². The van der Waals surface area contributed by atoms with Crippen molar-refractivity contribution in [2.24, 2.45) is 0 Å². The van der Waals surface area contributed by atoms with E-state index in [1.54, 1.807) is 85.8 Å². The first-order valence-electron chi connectivity index (χ1n) is 12.8. The first-order valence-corrected chi connectivity index (χ1v) is 14.5. The fourth-order valence-corrected chi connectivity index (χ4v) is 5.18. The van der Waals surface area contributed by atoms with Gasteiger partial charge in [-0.05, 0) is 79.2 Å². The normalized spacial score (nSPS) is 11.7. The van der Waals surface area contributed by atoms with E-state index in [0.717, 1.165) is 0 Å². The molecule has 0 fully saturated rings. The van der Waals surface area contributed by atoms with Crippen LogP contribution in [0.5, 0.6) is 0 Å². The lowest BCUT2D eigenvalue weighted by atomic mass is 10.1. The van der Waals surface area contributed by atoms with Crippen molar-refractivity contribution in [2.45, 2.75) is 17.1 Å². The first-order chi connectivity index (χ1) is 20.6. The third-order valence-corrected chi connectivity index (χ3v) is 7.60. The van der Waals surface area contributed by atoms with Crippen LogP contribution in [0.2, 0.25) is 10.0 Å². The Morgan fingerprint density at radius 1 is 0.791 bits per heavy atom. The van der Waals surface area contributed by atoms with Gasteiger partial charge in [-0.1, -0.05) is 59.6 Å². The molecular formula is C32H25Cl2N3O5S. The van der Waals surface area contributed by atoms with E-state index in [-0.39, 0.29) is 17.2 Å². The Bertz CT molecular complexity index is 1710. The number of amides is 3. The predicted octanol–water partition coefficient (Wildman–Crippen LogP) is 7.22. The van der Waals surface area contributed by atoms with Gasteiger partial charge in [0.2, 0.25) is 5.91 Å². The number of carbonyl (C=O) groups is 4. The molecule has 43 heavy (non-hydrogen) atoms. The van der Waals surface area contributed by atoms with E-state index < -0.39 is 23.0 Å². The molecule has 0 aliphatic rings. The van der Waals surface area contributed by atoms with E-state index in [1.807, 2.05) is 0 Å². The van der Waals surface area contributed by atoms with Gasteiger partial charge < -0.3 is 21.1 Å². The van der Waals surface area contributed by atoms with Gasteiger partial charge in [0.1, 0.15) is 5.70 Å². The molecule has 11 heteroatoms. The number of aromatic carboxylic acids is 1. The maximum absolute atomic E-state index is 13.4. The van der Waals surface area contributed by atoms with E-state index in [0.29, 0.717) is 37.4 Å². The zero-order chi connectivity index (χ0) is 30.9. The SMILES string of the molecule is CC(Sc1cccc(NC(=O)/C(=C\c2ccc(Cl)cc2Cl)NC(=O)c2ccccc2)c1)C(=O)Nc1cccc(C(=O)O)c1. The summed E-state index contributed by atoms with van der Waals surface area (Å²) in [6.45, 7) is 1.71. The topological polar surface area (TPSA) is 125 Å². The van der Waals surface area contributed by atoms with E-state index in [9.17, 15) is 24.3 Å². The van der Waals surface area contributed by atoms with Gasteiger partial charge in [-0.2, -0.15) is 0 Å². The summed E-state index contributed by atoms with van der Waals surface area (Å²) in [6, 6.07) is 26.1. The van der Waals surface area contributed by atoms with Crippen molar-refractivity contribution in [3.8, 4) is 0 Å². The van der Waals surface area contributed by atoms with Crippen molar-refractivity contribution in [1.82, 2.24) is 5.32 Å². The highest BCUT2D eigenvalue weighted by atomic mass is 35.5. The van der Waals surface area contributed by atoms with Crippen molar-refractivity contribution in [2.75, 3.05) is 10.6 Å². The summed E-state index contributed by atoms with van der Waals surface area (Å²) < 4.78 is 0. The number of carboxylic acids is 1. The number of carboxylic acid groups (broad SMARTS) is 1. The van der Waals surface area contributed by atoms with Gasteiger partial charge in [0.05, 0.1) is 10.8 Å². The van der Waals surface area contributed by atoms with Crippen LogP contribution in [0.3, 0.4) is 0 Å². The number of thioether (sulfide) groups is 1. The molecule has 0 saturated carbocycles. The van der Waals surface area contributed by atoms with E-state index in [2.05, 4.69) is 16.0 Å². The molecule has 0 heterocycles. The molecule has 0 bridgehead atoms. The Balaban J connectivity index is 1.49. The number of hydrogen-bond donors (Lipinski definition) is 4. The maximum Gasteiger partial charge on any atom is 0.335 e. The molecule has 3 amide bonds. The number of hydrogen-bond acceptors (Lipinski definition) is 5. The molecule has 1 atom stereocenters. The lowest BCUT2D eigenvalue weighted by Crippen LogP contribution is -2.30. The summed E-state index contributed by atoms with van der Waals surface area (Å²) in [5.41, 5.74) is 1.65. The van der Waals surface area contributed by atoms with Gasteiger partial charge in [-0.3, -0.25) is 14.4 Å². The quantitative estimate of drug-likeness (QED) is 0.108. The van der Waals surface area contributed by atoms with Crippen LogP contribution in [-0.2, 0) is 9.59 Å². The highest BCUT2D eigenvalue weighted by molar-refractivity contribution is 8.00. The average Bonchev–Trinajstić information content (AvgIpc) is 2.98. The van der Waals surface area contributed by atoms with Crippen LogP contribution in [0.15, 0.2) is 108 Å². The Morgan fingerprint density at radius 2 is 1.47 bits per heavy atom. The smallest absolute Gasteiger partial charge is 0.335 e. The standard InChI is InChI=1S/C32H25Cl2N3O5S/c1-19(29(38)35-24-10-5-9-22(15-24)32(41)42)43-26-12-6-11-25(18-26)36-31(40)28(16-21-13-14-23(33)17-27(21)34)37-30(39)20-7-3-2-4-8-20/h2-19H,1H3,(H,35,38)(H,36,40)(H,37,39)(H,41,42)/b28-16+. The van der Waals surface area contributed by atoms with Crippen molar-refractivity contribution in [3.05, 3.63) is 129 Å². The van der Waals surface area contributed by atoms with Crippen molar-refractivity contribution >= 4 is 76.1 Å².